The zero-order valence-corrected chi connectivity index (χ0v) is 13.7. The molecule has 0 aliphatic carbocycles. The Balaban J connectivity index is 2.06. The van der Waals surface area contributed by atoms with Gasteiger partial charge in [-0.3, -0.25) is 9.10 Å². The minimum absolute atomic E-state index is 0.0516. The van der Waals surface area contributed by atoms with Crippen molar-refractivity contribution in [3.8, 4) is 6.07 Å². The van der Waals surface area contributed by atoms with Crippen LogP contribution in [0.2, 0.25) is 0 Å². The van der Waals surface area contributed by atoms with E-state index in [1.807, 2.05) is 6.07 Å². The molecule has 1 atom stereocenters. The first-order valence-corrected chi connectivity index (χ1v) is 9.14. The van der Waals surface area contributed by atoms with Crippen LogP contribution in [-0.4, -0.2) is 46.4 Å². The van der Waals surface area contributed by atoms with Crippen LogP contribution in [0.3, 0.4) is 0 Å². The summed E-state index contributed by atoms with van der Waals surface area (Å²) >= 11 is 0. The maximum absolute atomic E-state index is 12.0. The van der Waals surface area contributed by atoms with Gasteiger partial charge in [-0.1, -0.05) is 12.1 Å². The van der Waals surface area contributed by atoms with Gasteiger partial charge >= 0.3 is 0 Å². The molecule has 1 heterocycles. The van der Waals surface area contributed by atoms with Crippen molar-refractivity contribution >= 4 is 21.6 Å². The normalized spacial score (nSPS) is 17.5. The average molecular weight is 337 g/mol. The molecule has 124 valence electrons. The number of amides is 1. The largest absolute Gasteiger partial charge is 0.368 e. The number of rotatable bonds is 6. The average Bonchev–Trinajstić information content (AvgIpc) is 3.04. The van der Waals surface area contributed by atoms with Crippen molar-refractivity contribution in [2.75, 3.05) is 30.3 Å². The molecule has 23 heavy (non-hydrogen) atoms. The third-order valence-corrected chi connectivity index (χ3v) is 4.71. The first-order valence-electron chi connectivity index (χ1n) is 7.29. The molecule has 1 aromatic rings. The molecule has 1 aliphatic rings. The van der Waals surface area contributed by atoms with Crippen LogP contribution >= 0.6 is 0 Å². The number of nitrogens with one attached hydrogen (secondary N) is 1. The van der Waals surface area contributed by atoms with Gasteiger partial charge in [0.1, 0.15) is 12.2 Å². The number of nitrogens with zero attached hydrogens (tertiary/aromatic N) is 2. The highest BCUT2D eigenvalue weighted by Crippen LogP contribution is 2.21. The Labute approximate surface area is 135 Å². The van der Waals surface area contributed by atoms with Gasteiger partial charge in [0.2, 0.25) is 15.9 Å². The summed E-state index contributed by atoms with van der Waals surface area (Å²) in [6.45, 7) is 0.768. The van der Waals surface area contributed by atoms with Gasteiger partial charge < -0.3 is 10.1 Å². The first kappa shape index (κ1) is 17.2. The van der Waals surface area contributed by atoms with E-state index in [4.69, 9.17) is 10.00 Å². The Bertz CT molecular complexity index is 706. The zero-order chi connectivity index (χ0) is 16.9. The molecule has 0 aromatic heterocycles. The lowest BCUT2D eigenvalue weighted by Gasteiger charge is -2.23. The van der Waals surface area contributed by atoms with E-state index in [-0.39, 0.29) is 24.6 Å². The molecule has 1 unspecified atom stereocenters. The smallest absolute Gasteiger partial charge is 0.249 e. The van der Waals surface area contributed by atoms with Crippen LogP contribution in [0.4, 0.5) is 5.69 Å². The van der Waals surface area contributed by atoms with Gasteiger partial charge in [-0.15, -0.1) is 0 Å². The quantitative estimate of drug-likeness (QED) is 0.820. The summed E-state index contributed by atoms with van der Waals surface area (Å²) in [6.07, 6.45) is 2.15. The summed E-state index contributed by atoms with van der Waals surface area (Å²) in [4.78, 5) is 11.9. The zero-order valence-electron chi connectivity index (χ0n) is 12.9. The fourth-order valence-corrected chi connectivity index (χ4v) is 3.37. The molecular formula is C15H19N3O4S. The minimum atomic E-state index is -3.57. The third-order valence-electron chi connectivity index (χ3n) is 3.53. The molecule has 1 aromatic carbocycles. The molecule has 1 aliphatic heterocycles. The molecule has 1 amide bonds. The van der Waals surface area contributed by atoms with Crippen molar-refractivity contribution in [2.24, 2.45) is 0 Å². The van der Waals surface area contributed by atoms with Crippen LogP contribution in [0, 0.1) is 11.3 Å². The maximum Gasteiger partial charge on any atom is 0.249 e. The van der Waals surface area contributed by atoms with Crippen LogP contribution in [0.15, 0.2) is 24.3 Å². The number of para-hydroxylation sites is 1. The number of benzene rings is 1. The molecule has 0 radical (unpaired) electrons. The lowest BCUT2D eigenvalue weighted by atomic mass is 10.2. The summed E-state index contributed by atoms with van der Waals surface area (Å²) < 4.78 is 30.4. The van der Waals surface area contributed by atoms with Crippen LogP contribution in [0.5, 0.6) is 0 Å². The second kappa shape index (κ2) is 7.44. The number of carbonyl (C=O) groups excluding carboxylic acids is 1. The summed E-state index contributed by atoms with van der Waals surface area (Å²) in [5.41, 5.74) is 0.576. The van der Waals surface area contributed by atoms with Crippen molar-refractivity contribution in [1.82, 2.24) is 5.32 Å². The van der Waals surface area contributed by atoms with Gasteiger partial charge in [-0.25, -0.2) is 8.42 Å². The van der Waals surface area contributed by atoms with E-state index in [1.165, 1.54) is 0 Å². The van der Waals surface area contributed by atoms with E-state index in [0.717, 1.165) is 17.0 Å². The Morgan fingerprint density at radius 3 is 2.83 bits per heavy atom. The number of hydrogen-bond acceptors (Lipinski definition) is 5. The van der Waals surface area contributed by atoms with Crippen LogP contribution in [0.25, 0.3) is 0 Å². The summed E-state index contributed by atoms with van der Waals surface area (Å²) in [7, 11) is -3.57. The molecule has 0 spiro atoms. The van der Waals surface area contributed by atoms with Crippen LogP contribution in [-0.2, 0) is 19.6 Å². The standard InChI is InChI=1S/C15H19N3O4S/c1-23(20,21)18(13-6-3-2-5-12(13)11-16)9-8-17-15(19)14-7-4-10-22-14/h2-3,5-6,14H,4,7-10H2,1H3,(H,17,19). The van der Waals surface area contributed by atoms with E-state index >= 15 is 0 Å². The van der Waals surface area contributed by atoms with Crippen molar-refractivity contribution in [3.05, 3.63) is 29.8 Å². The first-order chi connectivity index (χ1) is 10.9. The maximum atomic E-state index is 12.0. The van der Waals surface area contributed by atoms with E-state index in [9.17, 15) is 13.2 Å². The number of carbonyl (C=O) groups is 1. The highest BCUT2D eigenvalue weighted by Gasteiger charge is 2.24. The van der Waals surface area contributed by atoms with Crippen molar-refractivity contribution < 1.29 is 17.9 Å². The monoisotopic (exact) mass is 337 g/mol. The Hall–Kier alpha value is -2.11. The number of sulfonamides is 1. The highest BCUT2D eigenvalue weighted by atomic mass is 32.2. The van der Waals surface area contributed by atoms with Crippen molar-refractivity contribution in [2.45, 2.75) is 18.9 Å². The van der Waals surface area contributed by atoms with E-state index in [1.54, 1.807) is 24.3 Å². The molecule has 1 N–H and O–H groups in total. The molecule has 0 saturated carbocycles. The number of hydrogen-bond donors (Lipinski definition) is 1. The predicted molar refractivity (Wildman–Crippen MR) is 85.3 cm³/mol. The second-order valence-corrected chi connectivity index (χ2v) is 7.16. The van der Waals surface area contributed by atoms with Gasteiger partial charge in [0, 0.05) is 13.2 Å². The van der Waals surface area contributed by atoms with Gasteiger partial charge in [0.15, 0.2) is 0 Å². The molecule has 2 rings (SSSR count). The highest BCUT2D eigenvalue weighted by molar-refractivity contribution is 7.92. The summed E-state index contributed by atoms with van der Waals surface area (Å²) in [6, 6.07) is 8.44. The minimum Gasteiger partial charge on any atom is -0.368 e. The van der Waals surface area contributed by atoms with Gasteiger partial charge in [-0.2, -0.15) is 5.26 Å². The van der Waals surface area contributed by atoms with Crippen LogP contribution < -0.4 is 9.62 Å². The van der Waals surface area contributed by atoms with Gasteiger partial charge in [0.05, 0.1) is 24.1 Å². The number of ether oxygens (including phenoxy) is 1. The Morgan fingerprint density at radius 2 is 2.22 bits per heavy atom. The van der Waals surface area contributed by atoms with E-state index in [0.29, 0.717) is 18.7 Å². The molecule has 0 bridgehead atoms. The molecule has 1 saturated heterocycles. The Kier molecular flexibility index (Phi) is 5.58. The Morgan fingerprint density at radius 1 is 1.48 bits per heavy atom. The van der Waals surface area contributed by atoms with Gasteiger partial charge in [0.25, 0.3) is 0 Å². The predicted octanol–water partition coefficient (Wildman–Crippen LogP) is 0.619. The van der Waals surface area contributed by atoms with E-state index in [2.05, 4.69) is 5.32 Å². The van der Waals surface area contributed by atoms with E-state index < -0.39 is 16.1 Å². The lowest BCUT2D eigenvalue weighted by molar-refractivity contribution is -0.129. The lowest BCUT2D eigenvalue weighted by Crippen LogP contribution is -2.41. The fraction of sp³-hybridized carbons (Fsp3) is 0.467. The number of nitriles is 1. The molecule has 1 fully saturated rings. The summed E-state index contributed by atoms with van der Waals surface area (Å²) in [5.74, 6) is -0.232. The fourth-order valence-electron chi connectivity index (χ4n) is 2.43. The molecule has 8 heteroatoms. The molecule has 7 nitrogen and oxygen atoms in total. The molecular weight excluding hydrogens is 318 g/mol. The summed E-state index contributed by atoms with van der Waals surface area (Å²) in [5, 5.41) is 11.8. The van der Waals surface area contributed by atoms with Crippen LogP contribution in [0.1, 0.15) is 18.4 Å². The SMILES string of the molecule is CS(=O)(=O)N(CCNC(=O)C1CCCO1)c1ccccc1C#N. The third kappa shape index (κ3) is 4.43. The number of anilines is 1. The topological polar surface area (TPSA) is 99.5 Å². The van der Waals surface area contributed by atoms with Crippen molar-refractivity contribution in [1.29, 1.82) is 5.26 Å². The van der Waals surface area contributed by atoms with Crippen molar-refractivity contribution in [3.63, 3.8) is 0 Å². The second-order valence-electron chi connectivity index (χ2n) is 5.26. The van der Waals surface area contributed by atoms with Gasteiger partial charge in [-0.05, 0) is 25.0 Å².